The summed E-state index contributed by atoms with van der Waals surface area (Å²) in [6, 6.07) is 0.882. The zero-order valence-electron chi connectivity index (χ0n) is 14.0. The Kier molecular flexibility index (Phi) is 5.10. The van der Waals surface area contributed by atoms with Crippen LogP contribution in [0.2, 0.25) is 25.7 Å². The molecule has 2 heterocycles. The number of carbonyl (C=O) groups is 2. The van der Waals surface area contributed by atoms with Crippen molar-refractivity contribution in [1.29, 1.82) is 0 Å². The number of aromatic nitrogens is 2. The highest BCUT2D eigenvalue weighted by Crippen LogP contribution is 2.23. The number of amides is 1. The van der Waals surface area contributed by atoms with Crippen molar-refractivity contribution in [2.75, 3.05) is 13.2 Å². The number of hydrogen-bond acceptors (Lipinski definition) is 5. The van der Waals surface area contributed by atoms with Gasteiger partial charge in [-0.3, -0.25) is 9.57 Å². The summed E-state index contributed by atoms with van der Waals surface area (Å²) in [5.74, 6) is -0.676. The lowest BCUT2D eigenvalue weighted by molar-refractivity contribution is -0.237. The first-order valence-electron chi connectivity index (χ1n) is 7.55. The van der Waals surface area contributed by atoms with Gasteiger partial charge in [0.25, 0.3) is 0 Å². The Morgan fingerprint density at radius 1 is 1.35 bits per heavy atom. The molecule has 0 fully saturated rings. The molecule has 1 aromatic heterocycles. The van der Waals surface area contributed by atoms with Gasteiger partial charge in [0, 0.05) is 39.3 Å². The van der Waals surface area contributed by atoms with Crippen molar-refractivity contribution in [3.8, 4) is 0 Å². The second kappa shape index (κ2) is 6.71. The van der Waals surface area contributed by atoms with E-state index in [4.69, 9.17) is 14.9 Å². The lowest BCUT2D eigenvalue weighted by atomic mass is 10.1. The number of carboxylic acid groups (broad SMARTS) is 1. The Labute approximate surface area is 135 Å². The van der Waals surface area contributed by atoms with E-state index in [1.807, 2.05) is 0 Å². The van der Waals surface area contributed by atoms with Gasteiger partial charge in [-0.05, 0) is 6.04 Å². The molecule has 1 amide bonds. The second-order valence-corrected chi connectivity index (χ2v) is 12.5. The maximum Gasteiger partial charge on any atom is 0.407 e. The summed E-state index contributed by atoms with van der Waals surface area (Å²) in [4.78, 5) is 34.4. The molecular formula is C14H23N3O5Si. The van der Waals surface area contributed by atoms with Crippen LogP contribution in [0.3, 0.4) is 0 Å². The molecule has 0 atom stereocenters. The number of nitrogens with zero attached hydrogens (tertiary/aromatic N) is 3. The highest BCUT2D eigenvalue weighted by Gasteiger charge is 2.30. The van der Waals surface area contributed by atoms with Crippen molar-refractivity contribution in [1.82, 2.24) is 14.7 Å². The van der Waals surface area contributed by atoms with Crippen LogP contribution in [0.4, 0.5) is 4.79 Å². The number of aryl methyl sites for hydroxylation is 1. The Bertz CT molecular complexity index is 608. The average Bonchev–Trinajstić information content (AvgIpc) is 2.79. The van der Waals surface area contributed by atoms with Crippen LogP contribution in [-0.2, 0) is 29.8 Å². The monoisotopic (exact) mass is 341 g/mol. The smallest absolute Gasteiger partial charge is 0.407 e. The van der Waals surface area contributed by atoms with Gasteiger partial charge in [-0.25, -0.2) is 9.59 Å². The maximum atomic E-state index is 12.2. The van der Waals surface area contributed by atoms with Crippen LogP contribution < -0.4 is 0 Å². The summed E-state index contributed by atoms with van der Waals surface area (Å²) >= 11 is 0. The zero-order valence-corrected chi connectivity index (χ0v) is 15.0. The standard InChI is InChI=1S/C14H23N3O5Si/c1-16-11-5-6-17(14(19)20)9-10(11)12(15-16)13(18)22-21-7-8-23(2,3)4/h5-9H2,1-4H3,(H,19,20). The van der Waals surface area contributed by atoms with Gasteiger partial charge in [0.2, 0.25) is 0 Å². The molecule has 0 bridgehead atoms. The van der Waals surface area contributed by atoms with E-state index in [1.54, 1.807) is 11.7 Å². The van der Waals surface area contributed by atoms with E-state index >= 15 is 0 Å². The van der Waals surface area contributed by atoms with Crippen LogP contribution in [0.1, 0.15) is 21.7 Å². The summed E-state index contributed by atoms with van der Waals surface area (Å²) in [6.45, 7) is 7.49. The van der Waals surface area contributed by atoms with Crippen molar-refractivity contribution in [3.63, 3.8) is 0 Å². The molecule has 1 N–H and O–H groups in total. The molecule has 0 radical (unpaired) electrons. The quantitative estimate of drug-likeness (QED) is 0.380. The molecule has 128 valence electrons. The van der Waals surface area contributed by atoms with E-state index in [9.17, 15) is 9.59 Å². The Hall–Kier alpha value is -1.87. The molecule has 0 aliphatic carbocycles. The van der Waals surface area contributed by atoms with Gasteiger partial charge >= 0.3 is 12.1 Å². The number of hydrogen-bond donors (Lipinski definition) is 1. The highest BCUT2D eigenvalue weighted by atomic mass is 28.3. The van der Waals surface area contributed by atoms with Gasteiger partial charge in [0.05, 0.1) is 13.2 Å². The van der Waals surface area contributed by atoms with Crippen molar-refractivity contribution >= 4 is 20.1 Å². The summed E-state index contributed by atoms with van der Waals surface area (Å²) in [6.07, 6.45) is -0.486. The topological polar surface area (TPSA) is 93.9 Å². The van der Waals surface area contributed by atoms with Crippen LogP contribution in [0.25, 0.3) is 0 Å². The number of fused-ring (bicyclic) bond motifs is 1. The fourth-order valence-corrected chi connectivity index (χ4v) is 3.10. The normalized spacial score (nSPS) is 14.5. The molecule has 0 saturated heterocycles. The predicted octanol–water partition coefficient (Wildman–Crippen LogP) is 1.88. The van der Waals surface area contributed by atoms with Crippen LogP contribution in [0.15, 0.2) is 0 Å². The van der Waals surface area contributed by atoms with Gasteiger partial charge in [-0.15, -0.1) is 0 Å². The first kappa shape index (κ1) is 17.5. The lowest BCUT2D eigenvalue weighted by Crippen LogP contribution is -2.35. The van der Waals surface area contributed by atoms with Gasteiger partial charge in [0.1, 0.15) is 0 Å². The Balaban J connectivity index is 2.03. The minimum Gasteiger partial charge on any atom is -0.465 e. The van der Waals surface area contributed by atoms with Crippen molar-refractivity contribution in [2.24, 2.45) is 7.05 Å². The molecule has 1 aliphatic heterocycles. The average molecular weight is 341 g/mol. The third-order valence-electron chi connectivity index (χ3n) is 3.78. The van der Waals surface area contributed by atoms with E-state index in [0.29, 0.717) is 25.1 Å². The summed E-state index contributed by atoms with van der Waals surface area (Å²) < 4.78 is 1.60. The van der Waals surface area contributed by atoms with Crippen LogP contribution in [-0.4, -0.2) is 53.1 Å². The summed E-state index contributed by atoms with van der Waals surface area (Å²) in [7, 11) is 0.477. The first-order chi connectivity index (χ1) is 10.7. The third-order valence-corrected chi connectivity index (χ3v) is 5.48. The molecule has 2 rings (SSSR count). The molecular weight excluding hydrogens is 318 g/mol. The van der Waals surface area contributed by atoms with Crippen molar-refractivity contribution in [3.05, 3.63) is 17.0 Å². The van der Waals surface area contributed by atoms with Crippen LogP contribution in [0, 0.1) is 0 Å². The molecule has 9 heteroatoms. The molecule has 0 spiro atoms. The molecule has 23 heavy (non-hydrogen) atoms. The minimum absolute atomic E-state index is 0.126. The van der Waals surface area contributed by atoms with E-state index < -0.39 is 20.1 Å². The van der Waals surface area contributed by atoms with Crippen molar-refractivity contribution in [2.45, 2.75) is 38.7 Å². The second-order valence-electron chi connectivity index (χ2n) is 6.86. The van der Waals surface area contributed by atoms with Gasteiger partial charge in [0.15, 0.2) is 5.69 Å². The number of rotatable bonds is 5. The molecule has 1 aliphatic rings. The van der Waals surface area contributed by atoms with Crippen LogP contribution >= 0.6 is 0 Å². The summed E-state index contributed by atoms with van der Waals surface area (Å²) in [5, 5.41) is 13.3. The summed E-state index contributed by atoms with van der Waals surface area (Å²) in [5.41, 5.74) is 1.58. The van der Waals surface area contributed by atoms with E-state index in [-0.39, 0.29) is 12.2 Å². The largest absolute Gasteiger partial charge is 0.465 e. The zero-order chi connectivity index (χ0) is 17.2. The molecule has 8 nitrogen and oxygen atoms in total. The molecule has 0 aromatic carbocycles. The van der Waals surface area contributed by atoms with E-state index in [0.717, 1.165) is 11.7 Å². The Morgan fingerprint density at radius 3 is 2.65 bits per heavy atom. The maximum absolute atomic E-state index is 12.2. The minimum atomic E-state index is -1.26. The molecule has 1 aromatic rings. The highest BCUT2D eigenvalue weighted by molar-refractivity contribution is 6.76. The number of carbonyl (C=O) groups excluding carboxylic acids is 1. The van der Waals surface area contributed by atoms with E-state index in [2.05, 4.69) is 24.7 Å². The Morgan fingerprint density at radius 2 is 2.04 bits per heavy atom. The van der Waals surface area contributed by atoms with Crippen molar-refractivity contribution < 1.29 is 24.5 Å². The van der Waals surface area contributed by atoms with Gasteiger partial charge in [-0.1, -0.05) is 19.6 Å². The first-order valence-corrected chi connectivity index (χ1v) is 11.3. The fourth-order valence-electron chi connectivity index (χ4n) is 2.40. The van der Waals surface area contributed by atoms with Gasteiger partial charge < -0.3 is 10.0 Å². The van der Waals surface area contributed by atoms with Gasteiger partial charge in [-0.2, -0.15) is 9.99 Å². The molecule has 0 saturated carbocycles. The SMILES string of the molecule is Cn1nc(C(=O)OOCC[Si](C)(C)C)c2c1CCN(C(=O)O)C2. The molecule has 0 unspecified atom stereocenters. The van der Waals surface area contributed by atoms with E-state index in [1.165, 1.54) is 4.90 Å². The van der Waals surface area contributed by atoms with Crippen LogP contribution in [0.5, 0.6) is 0 Å². The fraction of sp³-hybridized carbons (Fsp3) is 0.643. The predicted molar refractivity (Wildman–Crippen MR) is 84.9 cm³/mol. The third kappa shape index (κ3) is 4.32. The lowest BCUT2D eigenvalue weighted by Gasteiger charge is -2.24.